The van der Waals surface area contributed by atoms with Crippen LogP contribution in [0.2, 0.25) is 0 Å². The Hall–Kier alpha value is -4.37. The fourth-order valence-electron chi connectivity index (χ4n) is 5.92. The number of nitrogens with one attached hydrogen (secondary N) is 2. The van der Waals surface area contributed by atoms with E-state index >= 15 is 0 Å². The van der Waals surface area contributed by atoms with E-state index in [1.165, 1.54) is 18.9 Å². The molecule has 0 radical (unpaired) electrons. The topological polar surface area (TPSA) is 87.5 Å². The van der Waals surface area contributed by atoms with Crippen molar-refractivity contribution in [2.45, 2.75) is 18.4 Å². The Morgan fingerprint density at radius 2 is 1.97 bits per heavy atom. The summed E-state index contributed by atoms with van der Waals surface area (Å²) in [4.78, 5) is 26.4. The lowest BCUT2D eigenvalue weighted by Gasteiger charge is -2.53. The molecule has 9 heteroatoms. The quantitative estimate of drug-likeness (QED) is 0.337. The lowest BCUT2D eigenvalue weighted by Crippen LogP contribution is -2.67. The summed E-state index contributed by atoms with van der Waals surface area (Å²) in [5, 5.41) is 7.43. The Morgan fingerprint density at radius 3 is 2.72 bits per heavy atom. The minimum Gasteiger partial charge on any atom is -0.494 e. The van der Waals surface area contributed by atoms with Crippen LogP contribution in [0.25, 0.3) is 22.2 Å². The molecule has 2 saturated heterocycles. The van der Waals surface area contributed by atoms with Crippen LogP contribution < -0.4 is 20.3 Å². The van der Waals surface area contributed by atoms with Gasteiger partial charge in [0.1, 0.15) is 5.75 Å². The molecule has 1 amide bonds. The summed E-state index contributed by atoms with van der Waals surface area (Å²) < 4.78 is 7.88. The first-order valence-electron chi connectivity index (χ1n) is 13.2. The molecule has 2 fully saturated rings. The van der Waals surface area contributed by atoms with Gasteiger partial charge >= 0.3 is 0 Å². The largest absolute Gasteiger partial charge is 0.494 e. The van der Waals surface area contributed by atoms with E-state index in [1.54, 1.807) is 13.3 Å². The predicted octanol–water partition coefficient (Wildman–Crippen LogP) is 4.80. The van der Waals surface area contributed by atoms with E-state index in [-0.39, 0.29) is 11.4 Å². The molecule has 2 aromatic carbocycles. The molecule has 4 aromatic rings. The van der Waals surface area contributed by atoms with Crippen molar-refractivity contribution in [2.24, 2.45) is 7.05 Å². The van der Waals surface area contributed by atoms with E-state index in [9.17, 15) is 4.79 Å². The summed E-state index contributed by atoms with van der Waals surface area (Å²) in [5.41, 5.74) is 5.45. The summed E-state index contributed by atoms with van der Waals surface area (Å²) in [7, 11) is 5.87. The average molecular weight is 524 g/mol. The molecule has 1 spiro atoms. The second kappa shape index (κ2) is 9.74. The molecule has 0 saturated carbocycles. The molecule has 2 aromatic heterocycles. The van der Waals surface area contributed by atoms with Crippen LogP contribution in [-0.2, 0) is 11.8 Å². The number of hydrogen-bond acceptors (Lipinski definition) is 7. The van der Waals surface area contributed by atoms with Crippen LogP contribution in [0.15, 0.2) is 67.5 Å². The second-order valence-electron chi connectivity index (χ2n) is 10.4. The number of nitrogens with zero attached hydrogens (tertiary/aromatic N) is 5. The lowest BCUT2D eigenvalue weighted by atomic mass is 9.86. The molecule has 0 aliphatic carbocycles. The van der Waals surface area contributed by atoms with E-state index in [0.29, 0.717) is 23.1 Å². The average Bonchev–Trinajstić information content (AvgIpc) is 3.48. The Kier molecular flexibility index (Phi) is 6.23. The maximum Gasteiger partial charge on any atom is 0.247 e. The number of carbonyl (C=O) groups excluding carboxylic acids is 1. The minimum absolute atomic E-state index is 0.208. The number of para-hydroxylation sites is 1. The molecule has 2 aliphatic rings. The van der Waals surface area contributed by atoms with Gasteiger partial charge < -0.3 is 24.8 Å². The van der Waals surface area contributed by atoms with Crippen LogP contribution in [-0.4, -0.2) is 64.7 Å². The van der Waals surface area contributed by atoms with Gasteiger partial charge in [-0.25, -0.2) is 9.97 Å². The minimum atomic E-state index is -0.269. The number of fused-ring (bicyclic) bond motifs is 1. The molecule has 2 aliphatic heterocycles. The molecule has 200 valence electrons. The van der Waals surface area contributed by atoms with Gasteiger partial charge in [-0.1, -0.05) is 24.8 Å². The van der Waals surface area contributed by atoms with Crippen molar-refractivity contribution in [1.29, 1.82) is 0 Å². The number of ether oxygens (including phenoxy) is 1. The Balaban J connectivity index is 1.33. The van der Waals surface area contributed by atoms with E-state index < -0.39 is 0 Å². The number of likely N-dealkylation sites (tertiary alicyclic amines) is 1. The first-order chi connectivity index (χ1) is 18.9. The third-order valence-electron chi connectivity index (χ3n) is 8.09. The maximum atomic E-state index is 12.4. The van der Waals surface area contributed by atoms with Crippen molar-refractivity contribution >= 4 is 39.8 Å². The van der Waals surface area contributed by atoms with Gasteiger partial charge in [-0.15, -0.1) is 0 Å². The monoisotopic (exact) mass is 523 g/mol. The molecule has 6 rings (SSSR count). The highest BCUT2D eigenvalue weighted by atomic mass is 16.5. The summed E-state index contributed by atoms with van der Waals surface area (Å²) in [6.07, 6.45) is 7.51. The van der Waals surface area contributed by atoms with E-state index in [1.807, 2.05) is 37.4 Å². The molecule has 0 atom stereocenters. The molecule has 0 bridgehead atoms. The number of aryl methyl sites for hydroxylation is 1. The number of likely N-dealkylation sites (N-methyl/N-ethyl adjacent to an activating group) is 1. The Bertz CT molecular complexity index is 1570. The molecular formula is C30H33N7O2. The Morgan fingerprint density at radius 1 is 1.15 bits per heavy atom. The van der Waals surface area contributed by atoms with Gasteiger partial charge in [0, 0.05) is 55.1 Å². The summed E-state index contributed by atoms with van der Waals surface area (Å²) in [6.45, 7) is 6.57. The fourth-order valence-corrected chi connectivity index (χ4v) is 5.92. The number of amides is 1. The molecule has 2 N–H and O–H groups in total. The zero-order chi connectivity index (χ0) is 27.1. The number of benzene rings is 2. The zero-order valence-electron chi connectivity index (χ0n) is 22.6. The molecular weight excluding hydrogens is 490 g/mol. The number of rotatable bonds is 7. The number of carbonyl (C=O) groups is 1. The van der Waals surface area contributed by atoms with Crippen molar-refractivity contribution < 1.29 is 9.53 Å². The van der Waals surface area contributed by atoms with Crippen molar-refractivity contribution in [3.8, 4) is 17.0 Å². The highest BCUT2D eigenvalue weighted by Gasteiger charge is 2.49. The van der Waals surface area contributed by atoms with Gasteiger partial charge in [-0.05, 0) is 50.7 Å². The van der Waals surface area contributed by atoms with Crippen molar-refractivity contribution in [3.05, 3.63) is 67.5 Å². The first kappa shape index (κ1) is 24.9. The summed E-state index contributed by atoms with van der Waals surface area (Å²) >= 11 is 0. The number of hydrogen-bond donors (Lipinski definition) is 2. The van der Waals surface area contributed by atoms with Crippen molar-refractivity contribution in [1.82, 2.24) is 19.4 Å². The number of anilines is 4. The lowest BCUT2D eigenvalue weighted by molar-refractivity contribution is -0.111. The van der Waals surface area contributed by atoms with E-state index in [0.717, 1.165) is 47.5 Å². The highest BCUT2D eigenvalue weighted by molar-refractivity contribution is 6.02. The van der Waals surface area contributed by atoms with Gasteiger partial charge in [0.25, 0.3) is 0 Å². The number of methoxy groups -OCH3 is 1. The zero-order valence-corrected chi connectivity index (χ0v) is 22.6. The van der Waals surface area contributed by atoms with Crippen LogP contribution in [0.3, 0.4) is 0 Å². The normalized spacial score (nSPS) is 16.3. The van der Waals surface area contributed by atoms with Gasteiger partial charge in [0.2, 0.25) is 11.9 Å². The first-order valence-corrected chi connectivity index (χ1v) is 13.2. The smallest absolute Gasteiger partial charge is 0.247 e. The van der Waals surface area contributed by atoms with Gasteiger partial charge in [-0.2, -0.15) is 0 Å². The van der Waals surface area contributed by atoms with Gasteiger partial charge in [-0.3, -0.25) is 9.69 Å². The van der Waals surface area contributed by atoms with Gasteiger partial charge in [0.15, 0.2) is 0 Å². The second-order valence-corrected chi connectivity index (χ2v) is 10.4. The van der Waals surface area contributed by atoms with Crippen LogP contribution in [0.5, 0.6) is 5.75 Å². The SMILES string of the molecule is C=CC(=O)Nc1cc(Nc2nccc(-c3cn(C)c4ccccc34)n2)c(OC)cc1N1CC2(CCCN2C)C1. The maximum absolute atomic E-state index is 12.4. The number of aromatic nitrogens is 3. The molecule has 39 heavy (non-hydrogen) atoms. The Labute approximate surface area is 228 Å². The summed E-state index contributed by atoms with van der Waals surface area (Å²) in [6, 6.07) is 14.0. The standard InChI is InChI=1S/C30H33N7O2/c1-5-28(38)32-23-15-24(27(39-4)16-26(23)37-18-30(19-37)12-8-14-36(30)3)34-29-31-13-11-22(33-29)21-17-35(2)25-10-7-6-9-20(21)25/h5-7,9-11,13,15-17H,1,8,12,14,18-19H2,2-4H3,(H,32,38)(H,31,33,34). The summed E-state index contributed by atoms with van der Waals surface area (Å²) in [5.74, 6) is 0.805. The molecule has 0 unspecified atom stereocenters. The highest BCUT2D eigenvalue weighted by Crippen LogP contribution is 2.45. The van der Waals surface area contributed by atoms with Crippen molar-refractivity contribution in [3.63, 3.8) is 0 Å². The third-order valence-corrected chi connectivity index (χ3v) is 8.09. The van der Waals surface area contributed by atoms with Crippen LogP contribution in [0.1, 0.15) is 12.8 Å². The van der Waals surface area contributed by atoms with E-state index in [2.05, 4.69) is 61.9 Å². The van der Waals surface area contributed by atoms with Crippen molar-refractivity contribution in [2.75, 3.05) is 49.3 Å². The van der Waals surface area contributed by atoms with Gasteiger partial charge in [0.05, 0.1) is 35.4 Å². The van der Waals surface area contributed by atoms with Crippen LogP contribution >= 0.6 is 0 Å². The van der Waals surface area contributed by atoms with Crippen LogP contribution in [0, 0.1) is 0 Å². The molecule has 4 heterocycles. The van der Waals surface area contributed by atoms with Crippen LogP contribution in [0.4, 0.5) is 23.0 Å². The predicted molar refractivity (Wildman–Crippen MR) is 156 cm³/mol. The van der Waals surface area contributed by atoms with E-state index in [4.69, 9.17) is 9.72 Å². The third kappa shape index (κ3) is 4.38. The molecule has 9 nitrogen and oxygen atoms in total. The fraction of sp³-hybridized carbons (Fsp3) is 0.300.